The number of carbonyl (C=O) groups is 1. The van der Waals surface area contributed by atoms with Gasteiger partial charge in [-0.25, -0.2) is 0 Å². The smallest absolute Gasteiger partial charge is 0.427 e. The zero-order valence-corrected chi connectivity index (χ0v) is 7.59. The van der Waals surface area contributed by atoms with Crippen LogP contribution in [0, 0.1) is 13.8 Å². The van der Waals surface area contributed by atoms with Crippen LogP contribution in [0.15, 0.2) is 12.3 Å². The summed E-state index contributed by atoms with van der Waals surface area (Å²) in [5.41, 5.74) is 1.64. The lowest BCUT2D eigenvalue weighted by Gasteiger charge is -1.96. The van der Waals surface area contributed by atoms with Crippen molar-refractivity contribution in [2.75, 3.05) is 0 Å². The number of nitrogens with zero attached hydrogens (tertiary/aromatic N) is 1. The predicted molar refractivity (Wildman–Crippen MR) is 44.5 cm³/mol. The fourth-order valence-electron chi connectivity index (χ4n) is 1.03. The highest BCUT2D eigenvalue weighted by Crippen LogP contribution is 2.10. The van der Waals surface area contributed by atoms with Crippen LogP contribution in [-0.2, 0) is 0 Å². The first-order chi connectivity index (χ1) is 5.52. The third-order valence-corrected chi connectivity index (χ3v) is 2.00. The molecule has 1 aromatic rings. The van der Waals surface area contributed by atoms with Crippen LogP contribution in [0.2, 0.25) is 5.15 Å². The average molecular weight is 187 g/mol. The van der Waals surface area contributed by atoms with E-state index in [1.165, 1.54) is 6.20 Å². The minimum absolute atomic E-state index is 0.244. The average Bonchev–Trinajstić information content (AvgIpc) is 1.96. The normalized spacial score (nSPS) is 9.92. The molecule has 12 heavy (non-hydrogen) atoms. The van der Waals surface area contributed by atoms with Gasteiger partial charge in [-0.3, -0.25) is 0 Å². The maximum absolute atomic E-state index is 10.6. The Kier molecular flexibility index (Phi) is 2.33. The Morgan fingerprint density at radius 3 is 2.67 bits per heavy atom. The number of aromatic nitrogens is 1. The third-order valence-electron chi connectivity index (χ3n) is 1.52. The molecule has 1 rings (SSSR count). The van der Waals surface area contributed by atoms with Crippen molar-refractivity contribution in [2.24, 2.45) is 0 Å². The van der Waals surface area contributed by atoms with Gasteiger partial charge in [0.2, 0.25) is 0 Å². The lowest BCUT2D eigenvalue weighted by molar-refractivity contribution is -0.582. The van der Waals surface area contributed by atoms with Crippen molar-refractivity contribution >= 4 is 17.7 Å². The first kappa shape index (κ1) is 9.00. The van der Waals surface area contributed by atoms with Crippen LogP contribution in [0.4, 0.5) is 4.79 Å². The van der Waals surface area contributed by atoms with Gasteiger partial charge in [-0.15, -0.1) is 0 Å². The molecule has 0 unspecified atom stereocenters. The molecule has 1 N–H and O–H groups in total. The molecule has 1 heterocycles. The molecule has 0 fully saturated rings. The predicted octanol–water partition coefficient (Wildman–Crippen LogP) is 1.77. The summed E-state index contributed by atoms with van der Waals surface area (Å²) in [4.78, 5) is 10.6. The van der Waals surface area contributed by atoms with Gasteiger partial charge in [-0.05, 0) is 31.5 Å². The van der Waals surface area contributed by atoms with Gasteiger partial charge in [0.15, 0.2) is 6.20 Å². The number of carboxylic acid groups (broad SMARTS) is 1. The molecule has 0 radical (unpaired) electrons. The Morgan fingerprint density at radius 1 is 1.58 bits per heavy atom. The maximum Gasteiger partial charge on any atom is 0.600 e. The van der Waals surface area contributed by atoms with Gasteiger partial charge < -0.3 is 5.11 Å². The van der Waals surface area contributed by atoms with Gasteiger partial charge in [0.05, 0.1) is 0 Å². The molecule has 0 bridgehead atoms. The zero-order chi connectivity index (χ0) is 9.30. The van der Waals surface area contributed by atoms with Crippen molar-refractivity contribution in [3.05, 3.63) is 28.5 Å². The number of pyridine rings is 1. The summed E-state index contributed by atoms with van der Waals surface area (Å²) in [5.74, 6) is 0. The van der Waals surface area contributed by atoms with Crippen molar-refractivity contribution in [3.8, 4) is 0 Å². The molecule has 4 heteroatoms. The lowest BCUT2D eigenvalue weighted by atomic mass is 10.2. The summed E-state index contributed by atoms with van der Waals surface area (Å²) in [5, 5.41) is 8.94. The molecule has 1 aromatic heterocycles. The molecule has 0 aliphatic carbocycles. The minimum atomic E-state index is -1.06. The second-order valence-corrected chi connectivity index (χ2v) is 3.00. The Hall–Kier alpha value is -1.09. The highest BCUT2D eigenvalue weighted by molar-refractivity contribution is 6.29. The molecule has 0 amide bonds. The summed E-state index contributed by atoms with van der Waals surface area (Å²) in [6, 6.07) is 1.84. The highest BCUT2D eigenvalue weighted by Gasteiger charge is 2.19. The van der Waals surface area contributed by atoms with Crippen molar-refractivity contribution in [1.82, 2.24) is 0 Å². The molecule has 0 aliphatic heterocycles. The SMILES string of the molecule is Cc1cc(C)c(Cl)[n+](C(=O)O)c1. The Balaban J connectivity index is 3.37. The summed E-state index contributed by atoms with van der Waals surface area (Å²) in [7, 11) is 0. The number of halogens is 1. The van der Waals surface area contributed by atoms with Crippen LogP contribution in [0.5, 0.6) is 0 Å². The second kappa shape index (κ2) is 3.11. The van der Waals surface area contributed by atoms with E-state index >= 15 is 0 Å². The number of hydrogen-bond donors (Lipinski definition) is 1. The van der Waals surface area contributed by atoms with Crippen molar-refractivity contribution < 1.29 is 14.5 Å². The van der Waals surface area contributed by atoms with E-state index in [1.807, 2.05) is 13.0 Å². The van der Waals surface area contributed by atoms with E-state index in [4.69, 9.17) is 16.7 Å². The third kappa shape index (κ3) is 1.56. The molecule has 0 atom stereocenters. The molecular weight excluding hydrogens is 178 g/mol. The van der Waals surface area contributed by atoms with Gasteiger partial charge in [0.1, 0.15) is 0 Å². The van der Waals surface area contributed by atoms with E-state index < -0.39 is 6.09 Å². The molecule has 0 aromatic carbocycles. The lowest BCUT2D eigenvalue weighted by Crippen LogP contribution is -2.43. The molecule has 3 nitrogen and oxygen atoms in total. The highest BCUT2D eigenvalue weighted by atomic mass is 35.5. The standard InChI is InChI=1S/C8H8ClNO2/c1-5-3-6(2)7(9)10(4-5)8(11)12/h3-4H,1-2H3/p+1. The van der Waals surface area contributed by atoms with Gasteiger partial charge in [0, 0.05) is 11.1 Å². The second-order valence-electron chi connectivity index (χ2n) is 2.64. The quantitative estimate of drug-likeness (QED) is 0.496. The first-order valence-corrected chi connectivity index (χ1v) is 3.82. The van der Waals surface area contributed by atoms with Gasteiger partial charge in [0.25, 0.3) is 5.15 Å². The zero-order valence-electron chi connectivity index (χ0n) is 6.84. The summed E-state index contributed by atoms with van der Waals surface area (Å²) >= 11 is 5.74. The summed E-state index contributed by atoms with van der Waals surface area (Å²) in [6.07, 6.45) is 0.421. The Morgan fingerprint density at radius 2 is 2.17 bits per heavy atom. The Labute approximate surface area is 75.2 Å². The van der Waals surface area contributed by atoms with Crippen molar-refractivity contribution in [3.63, 3.8) is 0 Å². The van der Waals surface area contributed by atoms with E-state index in [0.717, 1.165) is 15.7 Å². The molecule has 0 spiro atoms. The van der Waals surface area contributed by atoms with Crippen LogP contribution in [0.3, 0.4) is 0 Å². The van der Waals surface area contributed by atoms with Crippen LogP contribution in [0.25, 0.3) is 0 Å². The van der Waals surface area contributed by atoms with Crippen LogP contribution in [-0.4, -0.2) is 11.2 Å². The van der Waals surface area contributed by atoms with Crippen molar-refractivity contribution in [1.29, 1.82) is 0 Å². The van der Waals surface area contributed by atoms with E-state index in [-0.39, 0.29) is 5.15 Å². The minimum Gasteiger partial charge on any atom is -0.427 e. The van der Waals surface area contributed by atoms with Crippen molar-refractivity contribution in [2.45, 2.75) is 13.8 Å². The maximum atomic E-state index is 10.6. The first-order valence-electron chi connectivity index (χ1n) is 3.44. The fourth-order valence-corrected chi connectivity index (χ4v) is 1.20. The molecule has 0 saturated heterocycles. The van der Waals surface area contributed by atoms with Gasteiger partial charge in [-0.2, -0.15) is 4.79 Å². The largest absolute Gasteiger partial charge is 0.600 e. The van der Waals surface area contributed by atoms with Crippen LogP contribution >= 0.6 is 11.6 Å². The van der Waals surface area contributed by atoms with Gasteiger partial charge in [-0.1, -0.05) is 4.57 Å². The van der Waals surface area contributed by atoms with E-state index in [0.29, 0.717) is 0 Å². The van der Waals surface area contributed by atoms with E-state index in [2.05, 4.69) is 0 Å². The topological polar surface area (TPSA) is 41.2 Å². The number of rotatable bonds is 0. The Bertz CT molecular complexity index is 336. The molecule has 64 valence electrons. The van der Waals surface area contributed by atoms with Gasteiger partial charge >= 0.3 is 6.09 Å². The van der Waals surface area contributed by atoms with E-state index in [9.17, 15) is 4.79 Å². The number of hydrogen-bond acceptors (Lipinski definition) is 1. The van der Waals surface area contributed by atoms with Crippen LogP contribution in [0.1, 0.15) is 11.1 Å². The molecule has 0 aliphatic rings. The van der Waals surface area contributed by atoms with Crippen LogP contribution < -0.4 is 4.57 Å². The molecule has 0 saturated carbocycles. The molecular formula is C8H9ClNO2+. The monoisotopic (exact) mass is 186 g/mol. The summed E-state index contributed by atoms with van der Waals surface area (Å²) < 4.78 is 1.01. The number of aryl methyl sites for hydroxylation is 2. The van der Waals surface area contributed by atoms with E-state index in [1.54, 1.807) is 6.92 Å². The summed E-state index contributed by atoms with van der Waals surface area (Å²) in [6.45, 7) is 3.59. The fraction of sp³-hybridized carbons (Fsp3) is 0.250.